The van der Waals surface area contributed by atoms with E-state index in [-0.39, 0.29) is 0 Å². The highest BCUT2D eigenvalue weighted by Crippen LogP contribution is 2.30. The first-order valence-corrected chi connectivity index (χ1v) is 10.9. The Morgan fingerprint density at radius 3 is 1.61 bits per heavy atom. The Bertz CT molecular complexity index is 1800. The third kappa shape index (κ3) is 3.62. The lowest BCUT2D eigenvalue weighted by molar-refractivity contribution is -0.533. The van der Waals surface area contributed by atoms with Crippen molar-refractivity contribution in [1.82, 2.24) is 19.3 Å². The lowest BCUT2D eigenvalue weighted by atomic mass is 10.1. The van der Waals surface area contributed by atoms with Crippen LogP contribution in [0.4, 0.5) is 0 Å². The zero-order valence-electron chi connectivity index (χ0n) is 18.6. The molecule has 6 rings (SSSR count). The van der Waals surface area contributed by atoms with Crippen molar-refractivity contribution in [2.75, 3.05) is 0 Å². The fourth-order valence-corrected chi connectivity index (χ4v) is 4.38. The maximum Gasteiger partial charge on any atom is 0.170 e. The Kier molecular flexibility index (Phi) is 4.78. The highest BCUT2D eigenvalue weighted by molar-refractivity contribution is 5.88. The van der Waals surface area contributed by atoms with Gasteiger partial charge in [-0.3, -0.25) is 0 Å². The van der Waals surface area contributed by atoms with Gasteiger partial charge in [0.25, 0.3) is 0 Å². The lowest BCUT2D eigenvalue weighted by Crippen LogP contribution is -2.07. The highest BCUT2D eigenvalue weighted by atomic mass is 16.7. The smallest absolute Gasteiger partial charge is 0.170 e. The van der Waals surface area contributed by atoms with Crippen LogP contribution in [0.1, 0.15) is 22.8 Å². The second-order valence-electron chi connectivity index (χ2n) is 8.18. The van der Waals surface area contributed by atoms with E-state index in [4.69, 9.17) is 0 Å². The summed E-state index contributed by atoms with van der Waals surface area (Å²) in [5, 5.41) is 23.1. The quantitative estimate of drug-likeness (QED) is 0.251. The van der Waals surface area contributed by atoms with Crippen LogP contribution >= 0.6 is 0 Å². The molecule has 0 N–H and O–H groups in total. The SMILES string of the molecule is O=[N+]([O-])n1c2ccc1cc1nc(cc3c(-c4ccccc4)cc(cc4nc(c2)C=C4)n3[N+](=O)[O-])C=C1. The van der Waals surface area contributed by atoms with E-state index in [2.05, 4.69) is 9.97 Å². The number of rotatable bonds is 3. The van der Waals surface area contributed by atoms with Crippen LogP contribution in [0, 0.1) is 20.2 Å². The van der Waals surface area contributed by atoms with Gasteiger partial charge in [-0.15, -0.1) is 0 Å². The molecule has 0 amide bonds. The summed E-state index contributed by atoms with van der Waals surface area (Å²) in [6, 6.07) is 20.9. The normalized spacial score (nSPS) is 12.1. The van der Waals surface area contributed by atoms with Crippen molar-refractivity contribution in [3.8, 4) is 11.1 Å². The Labute approximate surface area is 203 Å². The van der Waals surface area contributed by atoms with Crippen LogP contribution in [0.5, 0.6) is 0 Å². The average molecular weight is 476 g/mol. The van der Waals surface area contributed by atoms with E-state index < -0.39 is 10.1 Å². The molecule has 36 heavy (non-hydrogen) atoms. The van der Waals surface area contributed by atoms with E-state index in [0.29, 0.717) is 50.4 Å². The van der Waals surface area contributed by atoms with Crippen molar-refractivity contribution < 1.29 is 10.1 Å². The largest absolute Gasteiger partial charge is 0.249 e. The van der Waals surface area contributed by atoms with E-state index >= 15 is 0 Å². The van der Waals surface area contributed by atoms with Crippen molar-refractivity contribution in [2.24, 2.45) is 0 Å². The minimum atomic E-state index is -0.496. The third-order valence-corrected chi connectivity index (χ3v) is 5.90. The molecule has 3 aromatic heterocycles. The van der Waals surface area contributed by atoms with Crippen LogP contribution in [0.2, 0.25) is 0 Å². The summed E-state index contributed by atoms with van der Waals surface area (Å²) in [6.07, 6.45) is 6.85. The van der Waals surface area contributed by atoms with Gasteiger partial charge >= 0.3 is 0 Å². The molecule has 174 valence electrons. The van der Waals surface area contributed by atoms with Crippen molar-refractivity contribution in [3.05, 3.63) is 116 Å². The van der Waals surface area contributed by atoms with E-state index in [0.717, 1.165) is 14.9 Å². The summed E-state index contributed by atoms with van der Waals surface area (Å²) in [6.45, 7) is 0. The molecule has 0 radical (unpaired) electrons. The standard InChI is InChI=1S/C26H16N6O4/c33-31(34)29-22-10-11-23(29)13-19-8-9-21(28-19)15-26-25(17-4-2-1-3-5-17)16-24(30(26)32(35)36)14-20-7-6-18(12-22)27-20/h1-16H. The molecule has 4 aromatic rings. The summed E-state index contributed by atoms with van der Waals surface area (Å²) in [4.78, 5) is 33.1. The Hall–Kier alpha value is -5.38. The molecule has 0 atom stereocenters. The molecule has 8 bridgehead atoms. The number of aromatic nitrogens is 4. The minimum Gasteiger partial charge on any atom is -0.249 e. The van der Waals surface area contributed by atoms with Crippen molar-refractivity contribution >= 4 is 46.4 Å². The van der Waals surface area contributed by atoms with Gasteiger partial charge < -0.3 is 0 Å². The molecule has 10 nitrogen and oxygen atoms in total. The van der Waals surface area contributed by atoms with E-state index in [1.54, 1.807) is 66.8 Å². The van der Waals surface area contributed by atoms with Gasteiger partial charge in [-0.2, -0.15) is 0 Å². The van der Waals surface area contributed by atoms with Gasteiger partial charge in [0.15, 0.2) is 10.1 Å². The average Bonchev–Trinajstić information content (AvgIpc) is 3.63. The number of hydrogen-bond acceptors (Lipinski definition) is 6. The van der Waals surface area contributed by atoms with Gasteiger partial charge in [-0.05, 0) is 72.3 Å². The first kappa shape index (κ1) is 21.2. The maximum absolute atomic E-state index is 12.2. The van der Waals surface area contributed by atoms with Crippen LogP contribution in [0.3, 0.4) is 0 Å². The van der Waals surface area contributed by atoms with Gasteiger partial charge in [-0.25, -0.2) is 30.2 Å². The molecule has 0 aliphatic carbocycles. The summed E-state index contributed by atoms with van der Waals surface area (Å²) < 4.78 is 1.99. The molecule has 0 fully saturated rings. The van der Waals surface area contributed by atoms with Crippen molar-refractivity contribution in [1.29, 1.82) is 0 Å². The second kappa shape index (κ2) is 8.13. The third-order valence-electron chi connectivity index (χ3n) is 5.90. The Balaban J connectivity index is 1.78. The zero-order chi connectivity index (χ0) is 24.8. The molecule has 0 unspecified atom stereocenters. The first-order valence-electron chi connectivity index (χ1n) is 10.9. The monoisotopic (exact) mass is 476 g/mol. The molecule has 10 heteroatoms. The van der Waals surface area contributed by atoms with Crippen molar-refractivity contribution in [3.63, 3.8) is 0 Å². The van der Waals surface area contributed by atoms with Gasteiger partial charge in [0.05, 0.1) is 22.8 Å². The minimum absolute atomic E-state index is 0.330. The molecule has 2 aliphatic rings. The first-order chi connectivity index (χ1) is 17.5. The topological polar surface area (TPSA) is 122 Å². The number of nitro groups is 2. The number of nitrogens with zero attached hydrogens (tertiary/aromatic N) is 6. The van der Waals surface area contributed by atoms with Crippen LogP contribution in [-0.4, -0.2) is 29.4 Å². The molecule has 5 heterocycles. The fraction of sp³-hybridized carbons (Fsp3) is 0. The number of benzene rings is 1. The molecule has 1 aromatic carbocycles. The molecular formula is C26H16N6O4. The Morgan fingerprint density at radius 2 is 1.08 bits per heavy atom. The highest BCUT2D eigenvalue weighted by Gasteiger charge is 2.18. The van der Waals surface area contributed by atoms with Gasteiger partial charge in [0, 0.05) is 5.56 Å². The summed E-state index contributed by atoms with van der Waals surface area (Å²) in [7, 11) is 0. The van der Waals surface area contributed by atoms with E-state index in [1.807, 2.05) is 30.3 Å². The number of hydrogen-bond donors (Lipinski definition) is 0. The van der Waals surface area contributed by atoms with Crippen LogP contribution in [0.15, 0.2) is 72.8 Å². The summed E-state index contributed by atoms with van der Waals surface area (Å²) >= 11 is 0. The molecule has 0 spiro atoms. The van der Waals surface area contributed by atoms with Gasteiger partial charge in [-0.1, -0.05) is 39.7 Å². The van der Waals surface area contributed by atoms with Crippen LogP contribution in [0.25, 0.3) is 57.5 Å². The maximum atomic E-state index is 12.2. The van der Waals surface area contributed by atoms with Gasteiger partial charge in [0.2, 0.25) is 0 Å². The molecular weight excluding hydrogens is 460 g/mol. The van der Waals surface area contributed by atoms with Crippen LogP contribution in [-0.2, 0) is 0 Å². The predicted molar refractivity (Wildman–Crippen MR) is 136 cm³/mol. The molecule has 0 saturated heterocycles. The lowest BCUT2D eigenvalue weighted by Gasteiger charge is -1.99. The predicted octanol–water partition coefficient (Wildman–Crippen LogP) is 5.35. The fourth-order valence-electron chi connectivity index (χ4n) is 4.38. The van der Waals surface area contributed by atoms with Crippen LogP contribution < -0.4 is 0 Å². The zero-order valence-corrected chi connectivity index (χ0v) is 18.6. The summed E-state index contributed by atoms with van der Waals surface area (Å²) in [5.41, 5.74) is 4.78. The van der Waals surface area contributed by atoms with E-state index in [9.17, 15) is 20.2 Å². The van der Waals surface area contributed by atoms with E-state index in [1.165, 1.54) is 0 Å². The Morgan fingerprint density at radius 1 is 0.583 bits per heavy atom. The number of fused-ring (bicyclic) bond motifs is 8. The molecule has 0 saturated carbocycles. The van der Waals surface area contributed by atoms with Gasteiger partial charge in [0.1, 0.15) is 22.1 Å². The summed E-state index contributed by atoms with van der Waals surface area (Å²) in [5.74, 6) is 0. The second-order valence-corrected chi connectivity index (χ2v) is 8.18. The molecule has 2 aliphatic heterocycles. The van der Waals surface area contributed by atoms with Crippen molar-refractivity contribution in [2.45, 2.75) is 0 Å².